The molecule has 3 heterocycles. The second-order valence-electron chi connectivity index (χ2n) is 15.5. The van der Waals surface area contributed by atoms with E-state index in [4.69, 9.17) is 9.16 Å². The Balaban J connectivity index is 1.56. The molecule has 6 rings (SSSR count). The highest BCUT2D eigenvalue weighted by Crippen LogP contribution is 2.44. The van der Waals surface area contributed by atoms with Gasteiger partial charge in [-0.3, -0.25) is 4.98 Å². The lowest BCUT2D eigenvalue weighted by Gasteiger charge is -2.44. The van der Waals surface area contributed by atoms with Gasteiger partial charge in [0.2, 0.25) is 0 Å². The molecule has 54 heavy (non-hydrogen) atoms. The Morgan fingerprint density at radius 3 is 2.09 bits per heavy atom. The maximum absolute atomic E-state index is 14.6. The molecule has 284 valence electrons. The minimum Gasteiger partial charge on any atom is -0.407 e. The Hall–Kier alpha value is -3.68. The zero-order chi connectivity index (χ0) is 38.9. The van der Waals surface area contributed by atoms with Crippen molar-refractivity contribution >= 4 is 57.1 Å². The Bertz CT molecular complexity index is 2160. The van der Waals surface area contributed by atoms with E-state index in [1.165, 1.54) is 26.5 Å². The summed E-state index contributed by atoms with van der Waals surface area (Å²) in [6.07, 6.45) is -2.87. The van der Waals surface area contributed by atoms with Crippen LogP contribution in [0.3, 0.4) is 0 Å². The van der Waals surface area contributed by atoms with Gasteiger partial charge in [-0.05, 0) is 81.6 Å². The van der Waals surface area contributed by atoms with Crippen molar-refractivity contribution in [2.75, 3.05) is 13.7 Å². The molecule has 0 N–H and O–H groups in total. The van der Waals surface area contributed by atoms with E-state index >= 15 is 0 Å². The number of fused-ring (bicyclic) bond motifs is 1. The highest BCUT2D eigenvalue weighted by molar-refractivity contribution is 9.08. The van der Waals surface area contributed by atoms with Gasteiger partial charge in [-0.1, -0.05) is 111 Å². The highest BCUT2D eigenvalue weighted by Gasteiger charge is 2.51. The van der Waals surface area contributed by atoms with Crippen LogP contribution in [-0.4, -0.2) is 47.1 Å². The van der Waals surface area contributed by atoms with Crippen LogP contribution in [0, 0.1) is 5.41 Å². The zero-order valence-electron chi connectivity index (χ0n) is 31.7. The van der Waals surface area contributed by atoms with Gasteiger partial charge in [0.15, 0.2) is 5.82 Å². The molecule has 0 spiro atoms. The molecule has 0 amide bonds. The van der Waals surface area contributed by atoms with E-state index in [9.17, 15) is 13.2 Å². The number of rotatable bonds is 13. The summed E-state index contributed by atoms with van der Waals surface area (Å²) >= 11 is 4.71. The minimum absolute atomic E-state index is 0.245. The molecule has 6 aromatic rings. The van der Waals surface area contributed by atoms with Crippen molar-refractivity contribution in [3.8, 4) is 21.8 Å². The summed E-state index contributed by atoms with van der Waals surface area (Å²) in [4.78, 5) is 9.33. The first-order valence-corrected chi connectivity index (χ1v) is 21.7. The summed E-state index contributed by atoms with van der Waals surface area (Å²) in [6, 6.07) is 30.1. The lowest BCUT2D eigenvalue weighted by molar-refractivity contribution is -0.139. The molecule has 0 aliphatic rings. The fraction of sp³-hybridized carbons (Fsp3) is 0.357. The lowest BCUT2D eigenvalue weighted by atomic mass is 9.84. The number of ether oxygens (including phenoxy) is 1. The van der Waals surface area contributed by atoms with Gasteiger partial charge < -0.3 is 13.7 Å². The molecule has 0 bridgehead atoms. The fourth-order valence-electron chi connectivity index (χ4n) is 7.46. The van der Waals surface area contributed by atoms with Crippen LogP contribution < -0.4 is 10.4 Å². The van der Waals surface area contributed by atoms with Crippen molar-refractivity contribution in [1.82, 2.24) is 18.9 Å². The normalized spacial score (nSPS) is 13.5. The fourth-order valence-corrected chi connectivity index (χ4v) is 13.3. The van der Waals surface area contributed by atoms with Crippen molar-refractivity contribution in [2.45, 2.75) is 77.2 Å². The molecule has 0 saturated heterocycles. The number of methoxy groups -OCH3 is 1. The monoisotopic (exact) mass is 834 g/mol. The molecular weight excluding hydrogens is 790 g/mol. The van der Waals surface area contributed by atoms with Crippen LogP contribution in [0.4, 0.5) is 13.2 Å². The third kappa shape index (κ3) is 8.13. The summed E-state index contributed by atoms with van der Waals surface area (Å²) < 4.78 is 62.8. The third-order valence-electron chi connectivity index (χ3n) is 9.92. The first-order valence-electron chi connectivity index (χ1n) is 17.9. The van der Waals surface area contributed by atoms with Gasteiger partial charge in [0.25, 0.3) is 8.32 Å². The van der Waals surface area contributed by atoms with E-state index in [1.807, 2.05) is 37.3 Å². The number of halogens is 4. The summed E-state index contributed by atoms with van der Waals surface area (Å²) in [6.45, 7) is 12.1. The number of nitrogens with zero attached hydrogens (tertiary/aromatic N) is 4. The molecule has 3 aromatic heterocycles. The van der Waals surface area contributed by atoms with Crippen molar-refractivity contribution in [2.24, 2.45) is 5.41 Å². The first kappa shape index (κ1) is 40.0. The van der Waals surface area contributed by atoms with Gasteiger partial charge >= 0.3 is 6.18 Å². The van der Waals surface area contributed by atoms with Crippen LogP contribution in [0.15, 0.2) is 97.2 Å². The van der Waals surface area contributed by atoms with E-state index in [2.05, 4.69) is 113 Å². The van der Waals surface area contributed by atoms with Crippen LogP contribution in [-0.2, 0) is 27.5 Å². The van der Waals surface area contributed by atoms with Gasteiger partial charge in [-0.25, -0.2) is 4.98 Å². The van der Waals surface area contributed by atoms with Crippen LogP contribution >= 0.6 is 27.5 Å². The van der Waals surface area contributed by atoms with Gasteiger partial charge in [0, 0.05) is 41.9 Å². The Labute approximate surface area is 329 Å². The van der Waals surface area contributed by atoms with Crippen molar-refractivity contribution in [1.29, 1.82) is 0 Å². The zero-order valence-corrected chi connectivity index (χ0v) is 35.1. The van der Waals surface area contributed by atoms with Crippen LogP contribution in [0.2, 0.25) is 5.04 Å². The molecular formula is C42H46BrF3N4O2SSi. The number of hydrogen-bond donors (Lipinski definition) is 0. The first-order chi connectivity index (χ1) is 25.6. The number of benzene rings is 3. The standard InChI is InChI=1S/C42H46BrF3N4O2SSi/c1-28(51-7)37-32(19-14-22-47-37)38-34(33-23-29(39-48-36(25-43)49-53-39)20-21-35(33)50(38)26-42(44,45)46)24-41(5,6)27-52-54(40(2,3)4,30-15-10-8-11-16-30)31-17-12-9-13-18-31/h8-23,28H,24-27H2,1-7H3/t28-/m0/s1. The van der Waals surface area contributed by atoms with Gasteiger partial charge in [-0.2, -0.15) is 17.5 Å². The quantitative estimate of drug-likeness (QED) is 0.0857. The highest BCUT2D eigenvalue weighted by atomic mass is 79.9. The third-order valence-corrected chi connectivity index (χ3v) is 16.2. The lowest BCUT2D eigenvalue weighted by Crippen LogP contribution is -2.67. The van der Waals surface area contributed by atoms with Crippen molar-refractivity contribution in [3.05, 3.63) is 114 Å². The molecule has 0 unspecified atom stereocenters. The predicted octanol–water partition coefficient (Wildman–Crippen LogP) is 10.5. The second kappa shape index (κ2) is 15.8. The predicted molar refractivity (Wildman–Crippen MR) is 219 cm³/mol. The van der Waals surface area contributed by atoms with E-state index in [1.54, 1.807) is 25.4 Å². The molecule has 3 aromatic carbocycles. The van der Waals surface area contributed by atoms with Crippen molar-refractivity contribution in [3.63, 3.8) is 0 Å². The smallest absolute Gasteiger partial charge is 0.406 e. The summed E-state index contributed by atoms with van der Waals surface area (Å²) in [5.74, 6) is 0.654. The van der Waals surface area contributed by atoms with E-state index in [0.717, 1.165) is 16.5 Å². The Kier molecular flexibility index (Phi) is 11.7. The molecule has 1 atom stereocenters. The molecule has 0 radical (unpaired) electrons. The van der Waals surface area contributed by atoms with Gasteiger partial charge in [-0.15, -0.1) is 0 Å². The molecule has 0 saturated carbocycles. The molecule has 6 nitrogen and oxygen atoms in total. The SMILES string of the molecule is CO[C@@H](C)c1ncccc1-c1c(CC(C)(C)CO[Si](c2ccccc2)(c2ccccc2)C(C)(C)C)c2cc(-c3nc(CBr)ns3)ccc2n1CC(F)(F)F. The van der Waals surface area contributed by atoms with E-state index in [0.29, 0.717) is 51.7 Å². The number of aromatic nitrogens is 4. The van der Waals surface area contributed by atoms with E-state index < -0.39 is 32.6 Å². The van der Waals surface area contributed by atoms with Crippen molar-refractivity contribution < 1.29 is 22.3 Å². The average Bonchev–Trinajstić information content (AvgIpc) is 3.73. The van der Waals surface area contributed by atoms with E-state index in [-0.39, 0.29) is 5.04 Å². The number of alkyl halides is 4. The maximum atomic E-state index is 14.6. The summed E-state index contributed by atoms with van der Waals surface area (Å²) in [5, 5.41) is 4.02. The molecule has 0 aliphatic heterocycles. The number of pyridine rings is 1. The molecule has 12 heteroatoms. The topological polar surface area (TPSA) is 62.1 Å². The van der Waals surface area contributed by atoms with Gasteiger partial charge in [0.05, 0.1) is 22.8 Å². The largest absolute Gasteiger partial charge is 0.407 e. The minimum atomic E-state index is -4.49. The number of hydrogen-bond acceptors (Lipinski definition) is 6. The van der Waals surface area contributed by atoms with Crippen LogP contribution in [0.5, 0.6) is 0 Å². The Morgan fingerprint density at radius 1 is 0.889 bits per heavy atom. The van der Waals surface area contributed by atoms with Gasteiger partial charge in [0.1, 0.15) is 11.6 Å². The molecule has 0 fully saturated rings. The maximum Gasteiger partial charge on any atom is 0.406 e. The van der Waals surface area contributed by atoms with Crippen LogP contribution in [0.1, 0.15) is 64.7 Å². The Morgan fingerprint density at radius 2 is 1.54 bits per heavy atom. The molecule has 0 aliphatic carbocycles. The second-order valence-corrected chi connectivity index (χ2v) is 21.1. The summed E-state index contributed by atoms with van der Waals surface area (Å²) in [5.41, 5.74) is 3.18. The summed E-state index contributed by atoms with van der Waals surface area (Å²) in [7, 11) is -1.34. The van der Waals surface area contributed by atoms with Crippen LogP contribution in [0.25, 0.3) is 32.7 Å². The average molecular weight is 836 g/mol.